The van der Waals surface area contributed by atoms with Crippen molar-refractivity contribution < 1.29 is 9.90 Å². The number of rotatable bonds is 8. The molecule has 4 heteroatoms. The summed E-state index contributed by atoms with van der Waals surface area (Å²) in [5.41, 5.74) is 2.41. The SMILES string of the molecule is CCN(CC)c1ccc(CC(CO)CNC(C)=O)cc1. The van der Waals surface area contributed by atoms with Crippen LogP contribution in [0.25, 0.3) is 0 Å². The van der Waals surface area contributed by atoms with Gasteiger partial charge in [0.15, 0.2) is 0 Å². The van der Waals surface area contributed by atoms with Gasteiger partial charge in [-0.1, -0.05) is 12.1 Å². The number of hydrogen-bond donors (Lipinski definition) is 2. The van der Waals surface area contributed by atoms with Gasteiger partial charge >= 0.3 is 0 Å². The molecule has 0 fully saturated rings. The van der Waals surface area contributed by atoms with E-state index in [1.807, 2.05) is 0 Å². The van der Waals surface area contributed by atoms with E-state index in [1.54, 1.807) is 0 Å². The molecule has 0 heterocycles. The summed E-state index contributed by atoms with van der Waals surface area (Å²) in [7, 11) is 0. The van der Waals surface area contributed by atoms with Crippen molar-refractivity contribution in [3.63, 3.8) is 0 Å². The first-order valence-corrected chi connectivity index (χ1v) is 7.29. The second kappa shape index (κ2) is 8.59. The van der Waals surface area contributed by atoms with Crippen molar-refractivity contribution in [2.45, 2.75) is 27.2 Å². The third kappa shape index (κ3) is 5.21. The molecule has 1 aromatic rings. The average molecular weight is 278 g/mol. The van der Waals surface area contributed by atoms with Gasteiger partial charge in [0.1, 0.15) is 0 Å². The number of benzene rings is 1. The van der Waals surface area contributed by atoms with E-state index < -0.39 is 0 Å². The first-order valence-electron chi connectivity index (χ1n) is 7.29. The molecule has 112 valence electrons. The van der Waals surface area contributed by atoms with E-state index in [-0.39, 0.29) is 18.4 Å². The Hall–Kier alpha value is -1.55. The minimum atomic E-state index is -0.0552. The Morgan fingerprint density at radius 2 is 1.85 bits per heavy atom. The van der Waals surface area contributed by atoms with Gasteiger partial charge < -0.3 is 15.3 Å². The summed E-state index contributed by atoms with van der Waals surface area (Å²) in [6.07, 6.45) is 0.773. The van der Waals surface area contributed by atoms with Gasteiger partial charge in [-0.15, -0.1) is 0 Å². The van der Waals surface area contributed by atoms with Crippen molar-refractivity contribution in [1.82, 2.24) is 5.32 Å². The zero-order chi connectivity index (χ0) is 15.0. The maximum absolute atomic E-state index is 10.9. The van der Waals surface area contributed by atoms with Crippen LogP contribution < -0.4 is 10.2 Å². The quantitative estimate of drug-likeness (QED) is 0.762. The van der Waals surface area contributed by atoms with E-state index in [0.29, 0.717) is 6.54 Å². The van der Waals surface area contributed by atoms with Gasteiger partial charge in [-0.2, -0.15) is 0 Å². The third-order valence-corrected chi connectivity index (χ3v) is 3.49. The second-order valence-electron chi connectivity index (χ2n) is 5.03. The Morgan fingerprint density at radius 3 is 2.30 bits per heavy atom. The van der Waals surface area contributed by atoms with Crippen LogP contribution in [-0.2, 0) is 11.2 Å². The van der Waals surface area contributed by atoms with Gasteiger partial charge in [-0.3, -0.25) is 4.79 Å². The molecule has 1 amide bonds. The molecule has 0 aliphatic heterocycles. The molecule has 0 aliphatic carbocycles. The number of carbonyl (C=O) groups excluding carboxylic acids is 1. The fraction of sp³-hybridized carbons (Fsp3) is 0.562. The van der Waals surface area contributed by atoms with Crippen LogP contribution in [0, 0.1) is 5.92 Å². The van der Waals surface area contributed by atoms with Crippen LogP contribution in [-0.4, -0.2) is 37.3 Å². The Balaban J connectivity index is 2.61. The van der Waals surface area contributed by atoms with Gasteiger partial charge in [-0.05, 0) is 38.0 Å². The maximum atomic E-state index is 10.9. The summed E-state index contributed by atoms with van der Waals surface area (Å²) in [5, 5.41) is 12.1. The number of anilines is 1. The molecular formula is C16H26N2O2. The molecule has 1 aromatic carbocycles. The topological polar surface area (TPSA) is 52.6 Å². The summed E-state index contributed by atoms with van der Waals surface area (Å²) in [4.78, 5) is 13.2. The molecule has 1 unspecified atom stereocenters. The third-order valence-electron chi connectivity index (χ3n) is 3.49. The summed E-state index contributed by atoms with van der Waals surface area (Å²) in [6.45, 7) is 8.38. The van der Waals surface area contributed by atoms with Crippen molar-refractivity contribution in [3.05, 3.63) is 29.8 Å². The molecule has 1 atom stereocenters. The van der Waals surface area contributed by atoms with Crippen molar-refractivity contribution in [3.8, 4) is 0 Å². The first-order chi connectivity index (χ1) is 9.60. The van der Waals surface area contributed by atoms with Crippen molar-refractivity contribution in [1.29, 1.82) is 0 Å². The number of amides is 1. The fourth-order valence-corrected chi connectivity index (χ4v) is 2.25. The lowest BCUT2D eigenvalue weighted by Gasteiger charge is -2.21. The van der Waals surface area contributed by atoms with E-state index in [0.717, 1.165) is 19.5 Å². The van der Waals surface area contributed by atoms with Crippen molar-refractivity contribution >= 4 is 11.6 Å². The monoisotopic (exact) mass is 278 g/mol. The molecule has 0 saturated carbocycles. The Bertz CT molecular complexity index is 399. The minimum Gasteiger partial charge on any atom is -0.396 e. The molecular weight excluding hydrogens is 252 g/mol. The number of nitrogens with zero attached hydrogens (tertiary/aromatic N) is 1. The van der Waals surface area contributed by atoms with Gasteiger partial charge in [-0.25, -0.2) is 0 Å². The normalized spacial score (nSPS) is 12.0. The van der Waals surface area contributed by atoms with Crippen molar-refractivity contribution in [2.24, 2.45) is 5.92 Å². The van der Waals surface area contributed by atoms with Crippen LogP contribution in [0.15, 0.2) is 24.3 Å². The van der Waals surface area contributed by atoms with Gasteiger partial charge in [0.25, 0.3) is 0 Å². The predicted molar refractivity (Wildman–Crippen MR) is 83.0 cm³/mol. The second-order valence-corrected chi connectivity index (χ2v) is 5.03. The molecule has 0 saturated heterocycles. The molecule has 0 spiro atoms. The zero-order valence-corrected chi connectivity index (χ0v) is 12.7. The molecule has 0 bridgehead atoms. The molecule has 0 aliphatic rings. The summed E-state index contributed by atoms with van der Waals surface area (Å²) < 4.78 is 0. The van der Waals surface area contributed by atoms with Crippen LogP contribution in [0.3, 0.4) is 0 Å². The number of nitrogens with one attached hydrogen (secondary N) is 1. The lowest BCUT2D eigenvalue weighted by atomic mass is 9.99. The summed E-state index contributed by atoms with van der Waals surface area (Å²) >= 11 is 0. The number of carbonyl (C=O) groups is 1. The maximum Gasteiger partial charge on any atom is 0.216 e. The zero-order valence-electron chi connectivity index (χ0n) is 12.7. The molecule has 0 aromatic heterocycles. The average Bonchev–Trinajstić information content (AvgIpc) is 2.46. The highest BCUT2D eigenvalue weighted by atomic mass is 16.3. The van der Waals surface area contributed by atoms with Crippen LogP contribution in [0.1, 0.15) is 26.3 Å². The lowest BCUT2D eigenvalue weighted by Crippen LogP contribution is -2.30. The molecule has 1 rings (SSSR count). The summed E-state index contributed by atoms with van der Waals surface area (Å²) in [5.74, 6) is 0.0125. The van der Waals surface area contributed by atoms with E-state index in [2.05, 4.69) is 48.3 Å². The minimum absolute atomic E-state index is 0.0552. The molecule has 2 N–H and O–H groups in total. The van der Waals surface area contributed by atoms with Crippen LogP contribution in [0.2, 0.25) is 0 Å². The highest BCUT2D eigenvalue weighted by molar-refractivity contribution is 5.72. The fourth-order valence-electron chi connectivity index (χ4n) is 2.25. The van der Waals surface area contributed by atoms with E-state index in [9.17, 15) is 9.90 Å². The Kier molecular flexibility index (Phi) is 7.09. The van der Waals surface area contributed by atoms with Gasteiger partial charge in [0.2, 0.25) is 5.91 Å². The van der Waals surface area contributed by atoms with E-state index in [4.69, 9.17) is 0 Å². The molecule has 0 radical (unpaired) electrons. The smallest absolute Gasteiger partial charge is 0.216 e. The van der Waals surface area contributed by atoms with E-state index in [1.165, 1.54) is 18.2 Å². The number of hydrogen-bond acceptors (Lipinski definition) is 3. The lowest BCUT2D eigenvalue weighted by molar-refractivity contribution is -0.119. The van der Waals surface area contributed by atoms with Crippen LogP contribution >= 0.6 is 0 Å². The standard InChI is InChI=1S/C16H26N2O2/c1-4-18(5-2)16-8-6-14(7-9-16)10-15(12-19)11-17-13(3)20/h6-9,15,19H,4-5,10-12H2,1-3H3,(H,17,20). The predicted octanol–water partition coefficient (Wildman–Crippen LogP) is 1.82. The number of aliphatic hydroxyl groups is 1. The van der Waals surface area contributed by atoms with Crippen LogP contribution in [0.4, 0.5) is 5.69 Å². The van der Waals surface area contributed by atoms with Gasteiger partial charge in [0.05, 0.1) is 0 Å². The highest BCUT2D eigenvalue weighted by Crippen LogP contribution is 2.17. The van der Waals surface area contributed by atoms with Gasteiger partial charge in [0, 0.05) is 44.8 Å². The molecule has 4 nitrogen and oxygen atoms in total. The van der Waals surface area contributed by atoms with Crippen molar-refractivity contribution in [2.75, 3.05) is 31.1 Å². The highest BCUT2D eigenvalue weighted by Gasteiger charge is 2.10. The number of aliphatic hydroxyl groups excluding tert-OH is 1. The Labute approximate surface area is 121 Å². The van der Waals surface area contributed by atoms with E-state index >= 15 is 0 Å². The molecule has 20 heavy (non-hydrogen) atoms. The largest absolute Gasteiger partial charge is 0.396 e. The summed E-state index contributed by atoms with van der Waals surface area (Å²) in [6, 6.07) is 8.44. The first kappa shape index (κ1) is 16.5. The Morgan fingerprint density at radius 1 is 1.25 bits per heavy atom. The van der Waals surface area contributed by atoms with Crippen LogP contribution in [0.5, 0.6) is 0 Å².